The predicted octanol–water partition coefficient (Wildman–Crippen LogP) is 1.12. The van der Waals surface area contributed by atoms with Crippen molar-refractivity contribution in [2.45, 2.75) is 19.3 Å². The molecule has 0 aliphatic carbocycles. The van der Waals surface area contributed by atoms with E-state index in [0.29, 0.717) is 5.56 Å². The summed E-state index contributed by atoms with van der Waals surface area (Å²) >= 11 is 0. The lowest BCUT2D eigenvalue weighted by Gasteiger charge is -2.22. The van der Waals surface area contributed by atoms with E-state index in [1.54, 1.807) is 6.92 Å². The number of rotatable bonds is 4. The van der Waals surface area contributed by atoms with Gasteiger partial charge in [-0.15, -0.1) is 0 Å². The molecule has 0 saturated heterocycles. The Morgan fingerprint density at radius 1 is 1.06 bits per heavy atom. The van der Waals surface area contributed by atoms with E-state index in [0.717, 1.165) is 6.92 Å². The first-order valence-electron chi connectivity index (χ1n) is 5.02. The maximum atomic E-state index is 11.2. The van der Waals surface area contributed by atoms with E-state index in [-0.39, 0.29) is 11.1 Å². The molecule has 1 rings (SSSR count). The highest BCUT2D eigenvalue weighted by Gasteiger charge is 2.45. The molecule has 18 heavy (non-hydrogen) atoms. The second kappa shape index (κ2) is 4.48. The molecule has 0 unspecified atom stereocenters. The van der Waals surface area contributed by atoms with Crippen LogP contribution in [0.5, 0.6) is 0 Å². The Kier molecular flexibility index (Phi) is 3.41. The van der Waals surface area contributed by atoms with Crippen LogP contribution in [0.2, 0.25) is 0 Å². The van der Waals surface area contributed by atoms with Crippen LogP contribution in [0.25, 0.3) is 0 Å². The van der Waals surface area contributed by atoms with Gasteiger partial charge in [-0.25, -0.2) is 4.79 Å². The zero-order chi connectivity index (χ0) is 14.1. The first-order chi connectivity index (χ1) is 8.21. The van der Waals surface area contributed by atoms with E-state index in [4.69, 9.17) is 15.3 Å². The smallest absolute Gasteiger partial charge is 0.336 e. The van der Waals surface area contributed by atoms with E-state index in [2.05, 4.69) is 0 Å². The first-order valence-corrected chi connectivity index (χ1v) is 5.02. The predicted molar refractivity (Wildman–Crippen MR) is 60.8 cm³/mol. The van der Waals surface area contributed by atoms with Gasteiger partial charge in [-0.05, 0) is 25.5 Å². The van der Waals surface area contributed by atoms with Gasteiger partial charge < -0.3 is 15.3 Å². The summed E-state index contributed by atoms with van der Waals surface area (Å²) in [5.74, 6) is -4.58. The molecule has 96 valence electrons. The molecule has 0 heterocycles. The summed E-state index contributed by atoms with van der Waals surface area (Å²) in [6, 6.07) is 3.96. The molecule has 1 aromatic rings. The fraction of sp³-hybridized carbons (Fsp3) is 0.250. The highest BCUT2D eigenvalue weighted by molar-refractivity contribution is 6.07. The number of carboxylic acids is 3. The van der Waals surface area contributed by atoms with Crippen molar-refractivity contribution in [3.63, 3.8) is 0 Å². The maximum Gasteiger partial charge on any atom is 0.336 e. The average molecular weight is 252 g/mol. The summed E-state index contributed by atoms with van der Waals surface area (Å²) in [4.78, 5) is 33.4. The second-order valence-corrected chi connectivity index (χ2v) is 4.09. The van der Waals surface area contributed by atoms with Crippen LogP contribution >= 0.6 is 0 Å². The van der Waals surface area contributed by atoms with Crippen LogP contribution in [0.4, 0.5) is 0 Å². The van der Waals surface area contributed by atoms with E-state index in [1.165, 1.54) is 18.2 Å². The van der Waals surface area contributed by atoms with Crippen molar-refractivity contribution in [2.75, 3.05) is 0 Å². The van der Waals surface area contributed by atoms with Crippen molar-refractivity contribution >= 4 is 17.9 Å². The lowest BCUT2D eigenvalue weighted by atomic mass is 9.79. The molecule has 0 aliphatic rings. The minimum absolute atomic E-state index is 0.241. The third-order valence-electron chi connectivity index (χ3n) is 2.80. The van der Waals surface area contributed by atoms with Crippen molar-refractivity contribution in [3.05, 3.63) is 34.9 Å². The third kappa shape index (κ3) is 2.04. The molecule has 0 aliphatic heterocycles. The minimum atomic E-state index is -2.29. The van der Waals surface area contributed by atoms with Gasteiger partial charge in [0.1, 0.15) is 0 Å². The standard InChI is InChI=1S/C12H12O6/c1-6-3-4-7(9(13)14)8(5-6)12(2,10(15)16)11(17)18/h3-5H,1-2H3,(H,13,14)(H,15,16)(H,17,18). The normalized spacial score (nSPS) is 11.0. The van der Waals surface area contributed by atoms with Crippen molar-refractivity contribution in [1.29, 1.82) is 0 Å². The largest absolute Gasteiger partial charge is 0.480 e. The molecule has 0 amide bonds. The number of carbonyl (C=O) groups is 3. The summed E-state index contributed by atoms with van der Waals surface area (Å²) in [5, 5.41) is 27.2. The number of aromatic carboxylic acids is 1. The number of carboxylic acid groups (broad SMARTS) is 3. The third-order valence-corrected chi connectivity index (χ3v) is 2.80. The highest BCUT2D eigenvalue weighted by atomic mass is 16.4. The van der Waals surface area contributed by atoms with E-state index in [1.807, 2.05) is 0 Å². The summed E-state index contributed by atoms with van der Waals surface area (Å²) in [5.41, 5.74) is -2.27. The molecule has 0 fully saturated rings. The zero-order valence-electron chi connectivity index (χ0n) is 9.80. The van der Waals surface area contributed by atoms with E-state index < -0.39 is 23.3 Å². The lowest BCUT2D eigenvalue weighted by Crippen LogP contribution is -2.42. The Hall–Kier alpha value is -2.37. The number of hydrogen-bond acceptors (Lipinski definition) is 3. The van der Waals surface area contributed by atoms with Crippen LogP contribution in [-0.2, 0) is 15.0 Å². The number of aryl methyl sites for hydroxylation is 1. The lowest BCUT2D eigenvalue weighted by molar-refractivity contribution is -0.156. The van der Waals surface area contributed by atoms with Crippen molar-refractivity contribution in [2.24, 2.45) is 0 Å². The molecule has 3 N–H and O–H groups in total. The molecule has 0 radical (unpaired) electrons. The first kappa shape index (κ1) is 13.7. The molecule has 0 aromatic heterocycles. The van der Waals surface area contributed by atoms with Crippen molar-refractivity contribution in [3.8, 4) is 0 Å². The summed E-state index contributed by atoms with van der Waals surface area (Å²) in [7, 11) is 0. The molecule has 0 atom stereocenters. The zero-order valence-corrected chi connectivity index (χ0v) is 9.80. The molecular formula is C12H12O6. The topological polar surface area (TPSA) is 112 Å². The fourth-order valence-electron chi connectivity index (χ4n) is 1.58. The average Bonchev–Trinajstić information content (AvgIpc) is 2.26. The SMILES string of the molecule is Cc1ccc(C(=O)O)c(C(C)(C(=O)O)C(=O)O)c1. The number of benzene rings is 1. The maximum absolute atomic E-state index is 11.2. The molecule has 0 spiro atoms. The Labute approximate surface area is 102 Å². The Bertz CT molecular complexity index is 517. The monoisotopic (exact) mass is 252 g/mol. The van der Waals surface area contributed by atoms with Crippen LogP contribution in [0.1, 0.15) is 28.4 Å². The van der Waals surface area contributed by atoms with Crippen LogP contribution in [-0.4, -0.2) is 33.2 Å². The van der Waals surface area contributed by atoms with Crippen molar-refractivity contribution < 1.29 is 29.7 Å². The fourth-order valence-corrected chi connectivity index (χ4v) is 1.58. The summed E-state index contributed by atoms with van der Waals surface area (Å²) in [6.07, 6.45) is 0. The molecule has 1 aromatic carbocycles. The summed E-state index contributed by atoms with van der Waals surface area (Å²) < 4.78 is 0. The molecule has 0 bridgehead atoms. The van der Waals surface area contributed by atoms with Crippen molar-refractivity contribution in [1.82, 2.24) is 0 Å². The molecule has 6 nitrogen and oxygen atoms in total. The molecule has 0 saturated carbocycles. The van der Waals surface area contributed by atoms with Gasteiger partial charge in [0.15, 0.2) is 5.41 Å². The van der Waals surface area contributed by atoms with Crippen LogP contribution in [0, 0.1) is 6.92 Å². The van der Waals surface area contributed by atoms with Gasteiger partial charge in [-0.3, -0.25) is 9.59 Å². The van der Waals surface area contributed by atoms with Gasteiger partial charge in [-0.2, -0.15) is 0 Å². The van der Waals surface area contributed by atoms with Gasteiger partial charge in [0, 0.05) is 0 Å². The number of hydrogen-bond donors (Lipinski definition) is 3. The van der Waals surface area contributed by atoms with Gasteiger partial charge >= 0.3 is 17.9 Å². The minimum Gasteiger partial charge on any atom is -0.480 e. The van der Waals surface area contributed by atoms with Gasteiger partial charge in [0.25, 0.3) is 0 Å². The van der Waals surface area contributed by atoms with E-state index in [9.17, 15) is 14.4 Å². The Morgan fingerprint density at radius 2 is 1.56 bits per heavy atom. The van der Waals surface area contributed by atoms with Gasteiger partial charge in [0.2, 0.25) is 0 Å². The Balaban J connectivity index is 3.65. The van der Waals surface area contributed by atoms with E-state index >= 15 is 0 Å². The quantitative estimate of drug-likeness (QED) is 0.692. The van der Waals surface area contributed by atoms with Gasteiger partial charge in [0.05, 0.1) is 5.56 Å². The van der Waals surface area contributed by atoms with Gasteiger partial charge in [-0.1, -0.05) is 17.7 Å². The van der Waals surface area contributed by atoms with Crippen LogP contribution in [0.3, 0.4) is 0 Å². The Morgan fingerprint density at radius 3 is 1.94 bits per heavy atom. The molecule has 6 heteroatoms. The molecular weight excluding hydrogens is 240 g/mol. The van der Waals surface area contributed by atoms with Crippen LogP contribution in [0.15, 0.2) is 18.2 Å². The summed E-state index contributed by atoms with van der Waals surface area (Å²) in [6.45, 7) is 2.60. The highest BCUT2D eigenvalue weighted by Crippen LogP contribution is 2.29. The number of aliphatic carboxylic acids is 2. The second-order valence-electron chi connectivity index (χ2n) is 4.09. The van der Waals surface area contributed by atoms with Crippen LogP contribution < -0.4 is 0 Å².